The molecule has 8 heteroatoms. The summed E-state index contributed by atoms with van der Waals surface area (Å²) < 4.78 is 16.4. The van der Waals surface area contributed by atoms with Gasteiger partial charge in [-0.1, -0.05) is 20.3 Å². The molecule has 4 rings (SSSR count). The van der Waals surface area contributed by atoms with Gasteiger partial charge in [0, 0.05) is 25.0 Å². The van der Waals surface area contributed by atoms with E-state index in [1.807, 2.05) is 0 Å². The van der Waals surface area contributed by atoms with Crippen LogP contribution < -0.4 is 0 Å². The van der Waals surface area contributed by atoms with Crippen molar-refractivity contribution in [2.45, 2.75) is 64.8 Å². The van der Waals surface area contributed by atoms with E-state index < -0.39 is 53.1 Å². The Balaban J connectivity index is 1.99. The molecule has 1 saturated heterocycles. The molecule has 7 atom stereocenters. The van der Waals surface area contributed by atoms with Gasteiger partial charge in [0.15, 0.2) is 6.10 Å². The van der Waals surface area contributed by atoms with Gasteiger partial charge < -0.3 is 19.3 Å². The van der Waals surface area contributed by atoms with Crippen LogP contribution in [-0.2, 0) is 33.4 Å². The van der Waals surface area contributed by atoms with Crippen LogP contribution in [0.4, 0.5) is 0 Å². The standard InChI is InChI=1S/C22H28O8/c1-10(23)29-12-8-21(2)7-5-6-11(21)14-15(12)22(3)13(9-28-4)30-20(27)19(26)16(22)18(25)17(14)24/h11-13,16,19,26H,5-9H2,1-4H3. The minimum atomic E-state index is -1.76. The first kappa shape index (κ1) is 21.2. The van der Waals surface area contributed by atoms with Gasteiger partial charge in [-0.25, -0.2) is 4.79 Å². The number of ketones is 2. The van der Waals surface area contributed by atoms with Crippen molar-refractivity contribution in [2.75, 3.05) is 13.7 Å². The molecule has 1 aliphatic heterocycles. The summed E-state index contributed by atoms with van der Waals surface area (Å²) in [5.74, 6) is -4.32. The summed E-state index contributed by atoms with van der Waals surface area (Å²) in [5.41, 5.74) is -0.570. The number of hydrogen-bond acceptors (Lipinski definition) is 8. The normalized spacial score (nSPS) is 43.0. The molecule has 0 radical (unpaired) electrons. The minimum Gasteiger partial charge on any atom is -0.458 e. The third-order valence-corrected chi connectivity index (χ3v) is 7.78. The number of esters is 2. The third-order valence-electron chi connectivity index (χ3n) is 7.78. The van der Waals surface area contributed by atoms with E-state index in [1.165, 1.54) is 14.0 Å². The molecule has 2 fully saturated rings. The third kappa shape index (κ3) is 2.73. The minimum absolute atomic E-state index is 0.0154. The fourth-order valence-corrected chi connectivity index (χ4v) is 6.46. The Labute approximate surface area is 174 Å². The molecule has 1 saturated carbocycles. The van der Waals surface area contributed by atoms with E-state index >= 15 is 0 Å². The van der Waals surface area contributed by atoms with Gasteiger partial charge in [0.25, 0.3) is 0 Å². The highest BCUT2D eigenvalue weighted by molar-refractivity contribution is 6.46. The highest BCUT2D eigenvalue weighted by Gasteiger charge is 2.67. The second-order valence-corrected chi connectivity index (χ2v) is 9.51. The molecule has 164 valence electrons. The molecule has 0 aromatic carbocycles. The number of cyclic esters (lactones) is 1. The predicted molar refractivity (Wildman–Crippen MR) is 102 cm³/mol. The smallest absolute Gasteiger partial charge is 0.336 e. The summed E-state index contributed by atoms with van der Waals surface area (Å²) in [4.78, 5) is 50.8. The Morgan fingerprint density at radius 3 is 2.60 bits per heavy atom. The van der Waals surface area contributed by atoms with Gasteiger partial charge in [-0.2, -0.15) is 0 Å². The molecule has 30 heavy (non-hydrogen) atoms. The highest BCUT2D eigenvalue weighted by atomic mass is 16.6. The lowest BCUT2D eigenvalue weighted by atomic mass is 9.50. The predicted octanol–water partition coefficient (Wildman–Crippen LogP) is 1.13. The van der Waals surface area contributed by atoms with Crippen molar-refractivity contribution >= 4 is 23.5 Å². The Morgan fingerprint density at radius 1 is 1.27 bits per heavy atom. The number of aliphatic hydroxyl groups excluding tert-OH is 1. The number of hydrogen-bond donors (Lipinski definition) is 1. The first-order valence-electron chi connectivity index (χ1n) is 10.4. The summed E-state index contributed by atoms with van der Waals surface area (Å²) in [6, 6.07) is 0. The molecule has 1 heterocycles. The van der Waals surface area contributed by atoms with Gasteiger partial charge in [0.05, 0.1) is 12.5 Å². The molecule has 7 unspecified atom stereocenters. The summed E-state index contributed by atoms with van der Waals surface area (Å²) >= 11 is 0. The van der Waals surface area contributed by atoms with E-state index in [-0.39, 0.29) is 17.9 Å². The lowest BCUT2D eigenvalue weighted by Gasteiger charge is -2.56. The molecule has 0 amide bonds. The second-order valence-electron chi connectivity index (χ2n) is 9.51. The van der Waals surface area contributed by atoms with Gasteiger partial charge in [-0.05, 0) is 36.2 Å². The Morgan fingerprint density at radius 2 is 1.97 bits per heavy atom. The molecular weight excluding hydrogens is 392 g/mol. The number of fused-ring (bicyclic) bond motifs is 4. The van der Waals surface area contributed by atoms with E-state index in [0.29, 0.717) is 17.6 Å². The molecule has 0 bridgehead atoms. The van der Waals surface area contributed by atoms with E-state index in [0.717, 1.165) is 19.3 Å². The maximum atomic E-state index is 13.3. The number of carbonyl (C=O) groups is 4. The number of Topliss-reactive ketones (excluding diaryl/α,β-unsaturated/α-hetero) is 2. The van der Waals surface area contributed by atoms with Crippen molar-refractivity contribution in [1.82, 2.24) is 0 Å². The van der Waals surface area contributed by atoms with Gasteiger partial charge in [-0.15, -0.1) is 0 Å². The summed E-state index contributed by atoms with van der Waals surface area (Å²) in [5, 5.41) is 10.6. The average molecular weight is 420 g/mol. The number of carbonyl (C=O) groups excluding carboxylic acids is 4. The van der Waals surface area contributed by atoms with Crippen molar-refractivity contribution in [3.05, 3.63) is 11.1 Å². The molecule has 0 aromatic rings. The van der Waals surface area contributed by atoms with Crippen LogP contribution in [0, 0.1) is 22.7 Å². The van der Waals surface area contributed by atoms with Crippen molar-refractivity contribution in [1.29, 1.82) is 0 Å². The van der Waals surface area contributed by atoms with Crippen molar-refractivity contribution in [3.63, 3.8) is 0 Å². The quantitative estimate of drug-likeness (QED) is 0.534. The summed E-state index contributed by atoms with van der Waals surface area (Å²) in [7, 11) is 1.45. The summed E-state index contributed by atoms with van der Waals surface area (Å²) in [6.07, 6.45) is -0.330. The lowest BCUT2D eigenvalue weighted by Crippen LogP contribution is -2.66. The first-order valence-corrected chi connectivity index (χ1v) is 10.4. The van der Waals surface area contributed by atoms with Gasteiger partial charge in [-0.3, -0.25) is 14.4 Å². The van der Waals surface area contributed by atoms with Gasteiger partial charge in [0.2, 0.25) is 11.6 Å². The maximum absolute atomic E-state index is 13.3. The van der Waals surface area contributed by atoms with Crippen LogP contribution in [0.1, 0.15) is 46.5 Å². The average Bonchev–Trinajstić information content (AvgIpc) is 3.04. The van der Waals surface area contributed by atoms with Crippen LogP contribution >= 0.6 is 0 Å². The Kier molecular flexibility index (Phi) is 4.93. The monoisotopic (exact) mass is 420 g/mol. The van der Waals surface area contributed by atoms with E-state index in [1.54, 1.807) is 6.92 Å². The number of ether oxygens (including phenoxy) is 3. The van der Waals surface area contributed by atoms with Crippen LogP contribution in [0.2, 0.25) is 0 Å². The zero-order valence-corrected chi connectivity index (χ0v) is 17.7. The zero-order chi connectivity index (χ0) is 22.0. The van der Waals surface area contributed by atoms with E-state index in [9.17, 15) is 24.3 Å². The molecular formula is C22H28O8. The largest absolute Gasteiger partial charge is 0.458 e. The van der Waals surface area contributed by atoms with E-state index in [2.05, 4.69) is 6.92 Å². The fraction of sp³-hybridized carbons (Fsp3) is 0.727. The summed E-state index contributed by atoms with van der Waals surface area (Å²) in [6.45, 7) is 5.07. The topological polar surface area (TPSA) is 116 Å². The lowest BCUT2D eigenvalue weighted by molar-refractivity contribution is -0.202. The zero-order valence-electron chi connectivity index (χ0n) is 17.7. The molecule has 1 N–H and O–H groups in total. The van der Waals surface area contributed by atoms with Crippen LogP contribution in [0.15, 0.2) is 11.1 Å². The molecule has 3 aliphatic carbocycles. The van der Waals surface area contributed by atoms with Gasteiger partial charge >= 0.3 is 11.9 Å². The van der Waals surface area contributed by atoms with Crippen molar-refractivity contribution in [3.8, 4) is 0 Å². The maximum Gasteiger partial charge on any atom is 0.336 e. The molecule has 4 aliphatic rings. The SMILES string of the molecule is COCC1OC(=O)C(O)C2C(=O)C(=O)C3=C(C(OC(C)=O)CC4(C)CCCC34)C12C. The number of rotatable bonds is 3. The van der Waals surface area contributed by atoms with Crippen molar-refractivity contribution < 1.29 is 38.5 Å². The van der Waals surface area contributed by atoms with Crippen LogP contribution in [0.25, 0.3) is 0 Å². The number of methoxy groups -OCH3 is 1. The molecule has 0 aromatic heterocycles. The Bertz CT molecular complexity index is 859. The Hall–Kier alpha value is -2.06. The second kappa shape index (κ2) is 6.99. The highest BCUT2D eigenvalue weighted by Crippen LogP contribution is 2.62. The number of aliphatic hydroxyl groups is 1. The van der Waals surface area contributed by atoms with Gasteiger partial charge in [0.1, 0.15) is 12.2 Å². The molecule has 0 spiro atoms. The fourth-order valence-electron chi connectivity index (χ4n) is 6.46. The van der Waals surface area contributed by atoms with Crippen LogP contribution in [0.3, 0.4) is 0 Å². The van der Waals surface area contributed by atoms with Crippen LogP contribution in [0.5, 0.6) is 0 Å². The van der Waals surface area contributed by atoms with E-state index in [4.69, 9.17) is 14.2 Å². The van der Waals surface area contributed by atoms with Crippen LogP contribution in [-0.4, -0.2) is 60.6 Å². The first-order chi connectivity index (χ1) is 14.1. The molecule has 8 nitrogen and oxygen atoms in total. The number of allylic oxidation sites excluding steroid dienone is 1. The van der Waals surface area contributed by atoms with Crippen molar-refractivity contribution in [2.24, 2.45) is 22.7 Å².